The molecule has 0 aromatic heterocycles. The summed E-state index contributed by atoms with van der Waals surface area (Å²) in [5.41, 5.74) is 0. The van der Waals surface area contributed by atoms with Gasteiger partial charge in [0.25, 0.3) is 5.91 Å². The fraction of sp³-hybridized carbons (Fsp3) is 0.895. The molecule has 3 aliphatic rings. The molecule has 1 N–H and O–H groups in total. The highest BCUT2D eigenvalue weighted by Gasteiger charge is 2.32. The van der Waals surface area contributed by atoms with E-state index < -0.39 is 0 Å². The summed E-state index contributed by atoms with van der Waals surface area (Å²) < 4.78 is 5.48. The van der Waals surface area contributed by atoms with Gasteiger partial charge in [0, 0.05) is 38.7 Å². The molecule has 6 nitrogen and oxygen atoms in total. The maximum absolute atomic E-state index is 12.4. The zero-order valence-corrected chi connectivity index (χ0v) is 15.5. The van der Waals surface area contributed by atoms with E-state index in [-0.39, 0.29) is 23.8 Å². The van der Waals surface area contributed by atoms with E-state index in [0.29, 0.717) is 19.7 Å². The minimum atomic E-state index is -0.238. The molecule has 1 atom stereocenters. The summed E-state index contributed by atoms with van der Waals surface area (Å²) in [6, 6.07) is 0. The van der Waals surface area contributed by atoms with Gasteiger partial charge in [-0.05, 0) is 57.5 Å². The number of carbonyl (C=O) groups excluding carboxylic acids is 2. The minimum Gasteiger partial charge on any atom is -0.368 e. The van der Waals surface area contributed by atoms with Crippen LogP contribution in [0.15, 0.2) is 0 Å². The number of hydrogen-bond acceptors (Lipinski definition) is 4. The number of piperidine rings is 2. The van der Waals surface area contributed by atoms with E-state index in [0.717, 1.165) is 57.8 Å². The van der Waals surface area contributed by atoms with Gasteiger partial charge in [-0.1, -0.05) is 6.92 Å². The van der Waals surface area contributed by atoms with E-state index in [4.69, 9.17) is 4.74 Å². The van der Waals surface area contributed by atoms with Gasteiger partial charge in [0.05, 0.1) is 0 Å². The molecule has 3 heterocycles. The summed E-state index contributed by atoms with van der Waals surface area (Å²) in [6.07, 6.45) is 5.66. The van der Waals surface area contributed by atoms with Crippen molar-refractivity contribution >= 4 is 11.8 Å². The van der Waals surface area contributed by atoms with Crippen molar-refractivity contribution < 1.29 is 14.3 Å². The Kier molecular flexibility index (Phi) is 6.70. The number of carbonyl (C=O) groups is 2. The van der Waals surface area contributed by atoms with Gasteiger partial charge < -0.3 is 19.9 Å². The quantitative estimate of drug-likeness (QED) is 0.810. The molecule has 3 rings (SSSR count). The average molecular weight is 351 g/mol. The second kappa shape index (κ2) is 8.99. The number of hydrogen-bond donors (Lipinski definition) is 1. The van der Waals surface area contributed by atoms with E-state index in [1.807, 2.05) is 4.90 Å². The van der Waals surface area contributed by atoms with Crippen molar-refractivity contribution in [3.05, 3.63) is 0 Å². The Morgan fingerprint density at radius 3 is 2.40 bits per heavy atom. The van der Waals surface area contributed by atoms with Crippen molar-refractivity contribution in [2.75, 3.05) is 45.9 Å². The van der Waals surface area contributed by atoms with Crippen molar-refractivity contribution in [1.82, 2.24) is 15.1 Å². The third kappa shape index (κ3) is 5.17. The number of nitrogens with zero attached hydrogens (tertiary/aromatic N) is 2. The number of amides is 2. The highest BCUT2D eigenvalue weighted by Crippen LogP contribution is 2.21. The molecule has 0 spiro atoms. The predicted octanol–water partition coefficient (Wildman–Crippen LogP) is 1.25. The van der Waals surface area contributed by atoms with Crippen LogP contribution in [0.5, 0.6) is 0 Å². The fourth-order valence-corrected chi connectivity index (χ4v) is 4.11. The largest absolute Gasteiger partial charge is 0.368 e. The first kappa shape index (κ1) is 18.6. The molecule has 0 aliphatic carbocycles. The monoisotopic (exact) mass is 351 g/mol. The predicted molar refractivity (Wildman–Crippen MR) is 96.1 cm³/mol. The smallest absolute Gasteiger partial charge is 0.251 e. The van der Waals surface area contributed by atoms with Crippen LogP contribution in [0.25, 0.3) is 0 Å². The number of ether oxygens (including phenoxy) is 1. The molecular formula is C19H33N3O3. The van der Waals surface area contributed by atoms with Crippen LogP contribution >= 0.6 is 0 Å². The highest BCUT2D eigenvalue weighted by molar-refractivity contribution is 5.82. The zero-order valence-electron chi connectivity index (χ0n) is 15.5. The Morgan fingerprint density at radius 2 is 1.76 bits per heavy atom. The normalized spacial score (nSPS) is 26.8. The van der Waals surface area contributed by atoms with E-state index in [9.17, 15) is 9.59 Å². The van der Waals surface area contributed by atoms with Gasteiger partial charge in [0.15, 0.2) is 0 Å². The first-order chi connectivity index (χ1) is 12.1. The summed E-state index contributed by atoms with van der Waals surface area (Å²) in [4.78, 5) is 29.0. The standard InChI is InChI=1S/C19H33N3O3/c1-15-4-9-21(10-5-15)13-8-20-18(23)16-6-11-22(12-7-16)19(24)17-3-2-14-25-17/h15-17H,2-14H2,1H3,(H,20,23)/t17-/m0/s1. The molecular weight excluding hydrogens is 318 g/mol. The van der Waals surface area contributed by atoms with Gasteiger partial charge in [0.1, 0.15) is 6.10 Å². The molecule has 0 saturated carbocycles. The van der Waals surface area contributed by atoms with Crippen LogP contribution in [0.4, 0.5) is 0 Å². The summed E-state index contributed by atoms with van der Waals surface area (Å²) in [6.45, 7) is 8.38. The van der Waals surface area contributed by atoms with Gasteiger partial charge in [0.2, 0.25) is 5.91 Å². The Morgan fingerprint density at radius 1 is 1.04 bits per heavy atom. The highest BCUT2D eigenvalue weighted by atomic mass is 16.5. The molecule has 0 aromatic carbocycles. The van der Waals surface area contributed by atoms with E-state index >= 15 is 0 Å². The second-order valence-electron chi connectivity index (χ2n) is 7.92. The molecule has 2 amide bonds. The third-order valence-corrected chi connectivity index (χ3v) is 5.99. The lowest BCUT2D eigenvalue weighted by Crippen LogP contribution is -2.47. The van der Waals surface area contributed by atoms with Crippen molar-refractivity contribution in [3.63, 3.8) is 0 Å². The molecule has 0 aromatic rings. The van der Waals surface area contributed by atoms with Crippen LogP contribution < -0.4 is 5.32 Å². The van der Waals surface area contributed by atoms with Crippen LogP contribution in [0, 0.1) is 11.8 Å². The molecule has 0 bridgehead atoms. The second-order valence-corrected chi connectivity index (χ2v) is 7.92. The minimum absolute atomic E-state index is 0.0509. The average Bonchev–Trinajstić information content (AvgIpc) is 3.17. The Bertz CT molecular complexity index is 449. The van der Waals surface area contributed by atoms with Gasteiger partial charge in [-0.15, -0.1) is 0 Å². The van der Waals surface area contributed by atoms with Crippen LogP contribution in [0.1, 0.15) is 45.4 Å². The topological polar surface area (TPSA) is 61.9 Å². The fourth-order valence-electron chi connectivity index (χ4n) is 4.11. The lowest BCUT2D eigenvalue weighted by molar-refractivity contribution is -0.143. The number of likely N-dealkylation sites (tertiary alicyclic amines) is 2. The van der Waals surface area contributed by atoms with Gasteiger partial charge in [-0.2, -0.15) is 0 Å². The summed E-state index contributed by atoms with van der Waals surface area (Å²) in [5.74, 6) is 1.17. The third-order valence-electron chi connectivity index (χ3n) is 5.99. The van der Waals surface area contributed by atoms with Crippen molar-refractivity contribution in [1.29, 1.82) is 0 Å². The van der Waals surface area contributed by atoms with Gasteiger partial charge in [-0.3, -0.25) is 9.59 Å². The zero-order chi connectivity index (χ0) is 17.6. The lowest BCUT2D eigenvalue weighted by Gasteiger charge is -2.33. The molecule has 25 heavy (non-hydrogen) atoms. The van der Waals surface area contributed by atoms with Crippen LogP contribution in [-0.2, 0) is 14.3 Å². The molecule has 142 valence electrons. The molecule has 3 saturated heterocycles. The van der Waals surface area contributed by atoms with E-state index in [1.54, 1.807) is 0 Å². The summed E-state index contributed by atoms with van der Waals surface area (Å²) in [7, 11) is 0. The molecule has 3 aliphatic heterocycles. The van der Waals surface area contributed by atoms with Crippen LogP contribution in [-0.4, -0.2) is 73.6 Å². The molecule has 6 heteroatoms. The molecule has 0 radical (unpaired) electrons. The van der Waals surface area contributed by atoms with Gasteiger partial charge >= 0.3 is 0 Å². The van der Waals surface area contributed by atoms with Crippen LogP contribution in [0.3, 0.4) is 0 Å². The first-order valence-electron chi connectivity index (χ1n) is 10.0. The number of nitrogens with one attached hydrogen (secondary N) is 1. The summed E-state index contributed by atoms with van der Waals surface area (Å²) >= 11 is 0. The maximum Gasteiger partial charge on any atom is 0.251 e. The maximum atomic E-state index is 12.4. The van der Waals surface area contributed by atoms with Crippen molar-refractivity contribution in [2.24, 2.45) is 11.8 Å². The van der Waals surface area contributed by atoms with E-state index in [2.05, 4.69) is 17.1 Å². The lowest BCUT2D eigenvalue weighted by atomic mass is 9.95. The first-order valence-corrected chi connectivity index (χ1v) is 10.0. The Labute approximate surface area is 151 Å². The Balaban J connectivity index is 1.32. The Hall–Kier alpha value is -1.14. The molecule has 3 fully saturated rings. The molecule has 0 unspecified atom stereocenters. The SMILES string of the molecule is CC1CCN(CCNC(=O)C2CCN(C(=O)[C@@H]3CCCO3)CC2)CC1. The van der Waals surface area contributed by atoms with Gasteiger partial charge in [-0.25, -0.2) is 0 Å². The van der Waals surface area contributed by atoms with Crippen molar-refractivity contribution in [2.45, 2.75) is 51.6 Å². The van der Waals surface area contributed by atoms with Crippen molar-refractivity contribution in [3.8, 4) is 0 Å². The summed E-state index contributed by atoms with van der Waals surface area (Å²) in [5, 5.41) is 3.10. The number of rotatable bonds is 5. The van der Waals surface area contributed by atoms with Crippen LogP contribution in [0.2, 0.25) is 0 Å². The van der Waals surface area contributed by atoms with E-state index in [1.165, 1.54) is 12.8 Å².